The third-order valence-electron chi connectivity index (χ3n) is 3.59. The zero-order valence-corrected chi connectivity index (χ0v) is 17.4. The number of nitrogens with two attached hydrogens (primary N) is 1. The van der Waals surface area contributed by atoms with E-state index in [1.807, 2.05) is 0 Å². The Balaban J connectivity index is 5.11. The van der Waals surface area contributed by atoms with Crippen molar-refractivity contribution < 1.29 is 39.3 Å². The molecule has 4 atom stereocenters. The fraction of sp³-hybridized carbons (Fsp3) is 0.667. The van der Waals surface area contributed by atoms with Crippen molar-refractivity contribution >= 4 is 54.1 Å². The van der Waals surface area contributed by atoms with Gasteiger partial charge in [0.05, 0.1) is 19.1 Å². The molecule has 0 aromatic rings. The van der Waals surface area contributed by atoms with Crippen LogP contribution in [0.3, 0.4) is 0 Å². The van der Waals surface area contributed by atoms with Gasteiger partial charge < -0.3 is 37.0 Å². The monoisotopic (exact) mass is 454 g/mol. The molecule has 8 N–H and O–H groups in total. The van der Waals surface area contributed by atoms with Crippen molar-refractivity contribution in [2.24, 2.45) is 5.73 Å². The summed E-state index contributed by atoms with van der Waals surface area (Å²) >= 11 is 5.35. The summed E-state index contributed by atoms with van der Waals surface area (Å²) in [5, 5.41) is 33.4. The van der Waals surface area contributed by atoms with Gasteiger partial charge in [-0.3, -0.25) is 19.2 Å². The molecular weight excluding hydrogens is 428 g/mol. The Morgan fingerprint density at radius 2 is 1.48 bits per heavy atom. The number of amides is 3. The third-order valence-corrected chi connectivity index (χ3v) is 4.60. The van der Waals surface area contributed by atoms with E-state index < -0.39 is 66.9 Å². The highest BCUT2D eigenvalue weighted by atomic mass is 32.2. The lowest BCUT2D eigenvalue weighted by molar-refractivity contribution is -0.143. The van der Waals surface area contributed by atoms with Crippen LogP contribution in [-0.2, 0) is 24.0 Å². The van der Waals surface area contributed by atoms with Crippen molar-refractivity contribution in [3.63, 3.8) is 0 Å². The van der Waals surface area contributed by atoms with Gasteiger partial charge in [0.25, 0.3) is 0 Å². The molecular formula is C15H26N4O8S2. The number of thiol groups is 1. The molecule has 0 aliphatic carbocycles. The van der Waals surface area contributed by atoms with E-state index >= 15 is 0 Å². The number of aliphatic carboxylic acids is 2. The summed E-state index contributed by atoms with van der Waals surface area (Å²) in [5.41, 5.74) is 5.44. The lowest BCUT2D eigenvalue weighted by atomic mass is 10.1. The standard InChI is InChI=1S/C15H26N4O8S2/c1-29-3-2-8(13(24)18-9(5-20)15(26)27)17-14(25)10(6-28)19-12(23)7(16)4-11(21)22/h7-10,20,28H,2-6,16H2,1H3,(H,17,25)(H,18,24)(H,19,23)(H,21,22)(H,26,27). The Bertz CT molecular complexity index is 607. The fourth-order valence-electron chi connectivity index (χ4n) is 1.99. The third kappa shape index (κ3) is 10.3. The molecule has 3 amide bonds. The molecule has 166 valence electrons. The van der Waals surface area contributed by atoms with E-state index in [1.165, 1.54) is 11.8 Å². The second kappa shape index (κ2) is 14.0. The topological polar surface area (TPSA) is 208 Å². The average Bonchev–Trinajstić information content (AvgIpc) is 2.65. The summed E-state index contributed by atoms with van der Waals surface area (Å²) in [5.74, 6) is -4.92. The molecule has 0 aromatic carbocycles. The number of nitrogens with one attached hydrogen (secondary N) is 3. The van der Waals surface area contributed by atoms with Crippen LogP contribution < -0.4 is 21.7 Å². The number of thioether (sulfide) groups is 1. The number of hydrogen-bond donors (Lipinski definition) is 8. The minimum absolute atomic E-state index is 0.155. The van der Waals surface area contributed by atoms with Gasteiger partial charge >= 0.3 is 11.9 Å². The molecule has 0 saturated heterocycles. The van der Waals surface area contributed by atoms with Gasteiger partial charge in [0.1, 0.15) is 18.1 Å². The van der Waals surface area contributed by atoms with Crippen LogP contribution in [0.4, 0.5) is 0 Å². The van der Waals surface area contributed by atoms with Gasteiger partial charge in [0.2, 0.25) is 17.7 Å². The summed E-state index contributed by atoms with van der Waals surface area (Å²) in [6, 6.07) is -5.25. The van der Waals surface area contributed by atoms with Gasteiger partial charge in [0.15, 0.2) is 0 Å². The minimum atomic E-state index is -1.54. The van der Waals surface area contributed by atoms with Gasteiger partial charge in [-0.15, -0.1) is 0 Å². The van der Waals surface area contributed by atoms with Crippen molar-refractivity contribution in [2.45, 2.75) is 37.0 Å². The molecule has 4 unspecified atom stereocenters. The van der Waals surface area contributed by atoms with E-state index in [0.717, 1.165) is 0 Å². The highest BCUT2D eigenvalue weighted by Crippen LogP contribution is 2.03. The number of aliphatic hydroxyl groups is 1. The largest absolute Gasteiger partial charge is 0.481 e. The Kier molecular flexibility index (Phi) is 13.0. The molecule has 0 rings (SSSR count). The molecule has 0 heterocycles. The number of carbonyl (C=O) groups is 5. The van der Waals surface area contributed by atoms with Crippen LogP contribution in [0.2, 0.25) is 0 Å². The van der Waals surface area contributed by atoms with Crippen molar-refractivity contribution in [3.8, 4) is 0 Å². The van der Waals surface area contributed by atoms with E-state index in [-0.39, 0.29) is 12.2 Å². The summed E-state index contributed by atoms with van der Waals surface area (Å²) in [6.07, 6.45) is 1.29. The van der Waals surface area contributed by atoms with Gasteiger partial charge in [0, 0.05) is 5.75 Å². The van der Waals surface area contributed by atoms with Gasteiger partial charge in [-0.25, -0.2) is 4.79 Å². The molecule has 0 aromatic heterocycles. The van der Waals surface area contributed by atoms with Crippen LogP contribution in [-0.4, -0.2) is 93.5 Å². The Morgan fingerprint density at radius 1 is 0.966 bits per heavy atom. The van der Waals surface area contributed by atoms with Gasteiger partial charge in [-0.05, 0) is 18.4 Å². The van der Waals surface area contributed by atoms with E-state index in [4.69, 9.17) is 21.1 Å². The molecule has 0 fully saturated rings. The van der Waals surface area contributed by atoms with Crippen LogP contribution in [0.25, 0.3) is 0 Å². The number of carbonyl (C=O) groups excluding carboxylic acids is 3. The van der Waals surface area contributed by atoms with Crippen molar-refractivity contribution in [1.29, 1.82) is 0 Å². The molecule has 0 aliphatic rings. The smallest absolute Gasteiger partial charge is 0.328 e. The van der Waals surface area contributed by atoms with Crippen LogP contribution in [0.5, 0.6) is 0 Å². The first-order chi connectivity index (χ1) is 13.6. The number of hydrogen-bond acceptors (Lipinski definition) is 9. The maximum absolute atomic E-state index is 12.4. The maximum Gasteiger partial charge on any atom is 0.328 e. The molecule has 0 bridgehead atoms. The molecule has 12 nitrogen and oxygen atoms in total. The number of aliphatic hydroxyl groups excluding tert-OH is 1. The Hall–Kier alpha value is -2.03. The first kappa shape index (κ1) is 27.0. The lowest BCUT2D eigenvalue weighted by Crippen LogP contribution is -2.58. The summed E-state index contributed by atoms with van der Waals surface area (Å²) < 4.78 is 0. The summed E-state index contributed by atoms with van der Waals surface area (Å²) in [7, 11) is 0. The molecule has 0 aliphatic heterocycles. The summed E-state index contributed by atoms with van der Waals surface area (Å²) in [4.78, 5) is 58.3. The first-order valence-electron chi connectivity index (χ1n) is 8.39. The van der Waals surface area contributed by atoms with Crippen molar-refractivity contribution in [2.75, 3.05) is 24.4 Å². The number of carboxylic acids is 2. The second-order valence-electron chi connectivity index (χ2n) is 5.87. The van der Waals surface area contributed by atoms with Crippen LogP contribution in [0, 0.1) is 0 Å². The van der Waals surface area contributed by atoms with Gasteiger partial charge in [-0.1, -0.05) is 0 Å². The maximum atomic E-state index is 12.4. The lowest BCUT2D eigenvalue weighted by Gasteiger charge is -2.24. The zero-order valence-electron chi connectivity index (χ0n) is 15.7. The van der Waals surface area contributed by atoms with Crippen molar-refractivity contribution in [1.82, 2.24) is 16.0 Å². The SMILES string of the molecule is CSCCC(NC(=O)C(CS)NC(=O)C(N)CC(=O)O)C(=O)NC(CO)C(=O)O. The molecule has 0 spiro atoms. The van der Waals surface area contributed by atoms with Crippen LogP contribution >= 0.6 is 24.4 Å². The average molecular weight is 455 g/mol. The summed E-state index contributed by atoms with van der Waals surface area (Å²) in [6.45, 7) is -0.832. The van der Waals surface area contributed by atoms with E-state index in [1.54, 1.807) is 6.26 Å². The van der Waals surface area contributed by atoms with Crippen LogP contribution in [0.15, 0.2) is 0 Å². The zero-order chi connectivity index (χ0) is 22.6. The number of rotatable bonds is 14. The fourth-order valence-corrected chi connectivity index (χ4v) is 2.72. The molecule has 0 saturated carbocycles. The molecule has 0 radical (unpaired) electrons. The Morgan fingerprint density at radius 3 is 1.93 bits per heavy atom. The predicted molar refractivity (Wildman–Crippen MR) is 108 cm³/mol. The molecule has 14 heteroatoms. The van der Waals surface area contributed by atoms with E-state index in [9.17, 15) is 24.0 Å². The quantitative estimate of drug-likeness (QED) is 0.125. The van der Waals surface area contributed by atoms with Crippen LogP contribution in [0.1, 0.15) is 12.8 Å². The highest BCUT2D eigenvalue weighted by Gasteiger charge is 2.29. The molecule has 29 heavy (non-hydrogen) atoms. The Labute approximate surface area is 176 Å². The predicted octanol–water partition coefficient (Wildman–Crippen LogP) is -3.00. The van der Waals surface area contributed by atoms with E-state index in [0.29, 0.717) is 5.75 Å². The van der Waals surface area contributed by atoms with Gasteiger partial charge in [-0.2, -0.15) is 24.4 Å². The number of carboxylic acid groups (broad SMARTS) is 2. The van der Waals surface area contributed by atoms with Crippen molar-refractivity contribution in [3.05, 3.63) is 0 Å². The van der Waals surface area contributed by atoms with E-state index in [2.05, 4.69) is 28.6 Å². The normalized spacial score (nSPS) is 14.8. The second-order valence-corrected chi connectivity index (χ2v) is 7.22. The minimum Gasteiger partial charge on any atom is -0.481 e. The highest BCUT2D eigenvalue weighted by molar-refractivity contribution is 7.98. The first-order valence-corrected chi connectivity index (χ1v) is 10.4.